The molecule has 2 saturated heterocycles. The summed E-state index contributed by atoms with van der Waals surface area (Å²) in [7, 11) is 1.76. The maximum atomic E-state index is 12.9. The van der Waals surface area contributed by atoms with Crippen molar-refractivity contribution >= 4 is 45.6 Å². The summed E-state index contributed by atoms with van der Waals surface area (Å²) in [5, 5.41) is 14.5. The van der Waals surface area contributed by atoms with E-state index in [9.17, 15) is 14.4 Å². The third-order valence-corrected chi connectivity index (χ3v) is 7.16. The van der Waals surface area contributed by atoms with Crippen molar-refractivity contribution < 1.29 is 14.4 Å². The number of nitrogens with two attached hydrogens (primary N) is 1. The van der Waals surface area contributed by atoms with Crippen LogP contribution in [0.4, 0.5) is 16.5 Å². The quantitative estimate of drug-likeness (QED) is 0.408. The summed E-state index contributed by atoms with van der Waals surface area (Å²) >= 11 is 1.36. The van der Waals surface area contributed by atoms with Crippen LogP contribution in [-0.2, 0) is 9.59 Å². The van der Waals surface area contributed by atoms with E-state index >= 15 is 0 Å². The fourth-order valence-corrected chi connectivity index (χ4v) is 5.03. The number of carbonyl (C=O) groups is 3. The molecule has 10 nitrogen and oxygen atoms in total. The lowest BCUT2D eigenvalue weighted by Gasteiger charge is -2.41. The molecule has 3 heterocycles. The number of benzene rings is 1. The number of carbonyl (C=O) groups excluding carboxylic acids is 3. The number of hydrogen-bond donors (Lipinski definition) is 5. The van der Waals surface area contributed by atoms with E-state index in [1.807, 2.05) is 24.3 Å². The Morgan fingerprint density at radius 3 is 2.70 bits per heavy atom. The minimum Gasteiger partial charge on any atom is -0.370 e. The molecule has 6 N–H and O–H groups in total. The molecule has 0 radical (unpaired) electrons. The molecule has 3 amide bonds. The molecule has 4 rings (SSSR count). The van der Waals surface area contributed by atoms with Crippen LogP contribution in [0.3, 0.4) is 0 Å². The lowest BCUT2D eigenvalue weighted by Crippen LogP contribution is -2.59. The number of aromatic nitrogens is 1. The van der Waals surface area contributed by atoms with E-state index in [4.69, 9.17) is 5.73 Å². The molecule has 176 valence electrons. The van der Waals surface area contributed by atoms with Crippen molar-refractivity contribution in [3.05, 3.63) is 35.3 Å². The SMILES string of the molecule is CNC1(C(N)=O)CCN(c2ccccc2NC(=O)c2csc(N[C@H]3CCC(=O)NC3)n2)CC1. The Labute approximate surface area is 196 Å². The van der Waals surface area contributed by atoms with Gasteiger partial charge in [-0.15, -0.1) is 11.3 Å². The van der Waals surface area contributed by atoms with Crippen LogP contribution in [0.25, 0.3) is 0 Å². The van der Waals surface area contributed by atoms with Crippen LogP contribution in [0.15, 0.2) is 29.6 Å². The van der Waals surface area contributed by atoms with Gasteiger partial charge in [-0.3, -0.25) is 14.4 Å². The maximum absolute atomic E-state index is 12.9. The van der Waals surface area contributed by atoms with Crippen molar-refractivity contribution in [2.75, 3.05) is 42.2 Å². The molecule has 2 aliphatic heterocycles. The highest BCUT2D eigenvalue weighted by atomic mass is 32.1. The number of para-hydroxylation sites is 2. The number of piperidine rings is 2. The van der Waals surface area contributed by atoms with E-state index in [0.717, 1.165) is 12.1 Å². The number of rotatable bonds is 7. The smallest absolute Gasteiger partial charge is 0.275 e. The first-order chi connectivity index (χ1) is 15.9. The largest absolute Gasteiger partial charge is 0.370 e. The van der Waals surface area contributed by atoms with Gasteiger partial charge >= 0.3 is 0 Å². The van der Waals surface area contributed by atoms with E-state index in [0.29, 0.717) is 55.4 Å². The van der Waals surface area contributed by atoms with Crippen molar-refractivity contribution in [2.45, 2.75) is 37.3 Å². The van der Waals surface area contributed by atoms with Crippen LogP contribution >= 0.6 is 11.3 Å². The Bertz CT molecular complexity index is 1020. The van der Waals surface area contributed by atoms with Crippen LogP contribution in [0.1, 0.15) is 36.2 Å². The molecule has 0 unspecified atom stereocenters. The van der Waals surface area contributed by atoms with Gasteiger partial charge in [-0.05, 0) is 38.4 Å². The van der Waals surface area contributed by atoms with Gasteiger partial charge < -0.3 is 31.9 Å². The number of likely N-dealkylation sites (N-methyl/N-ethyl adjacent to an activating group) is 1. The fraction of sp³-hybridized carbons (Fsp3) is 0.455. The van der Waals surface area contributed by atoms with Gasteiger partial charge in [-0.25, -0.2) is 4.98 Å². The van der Waals surface area contributed by atoms with Gasteiger partial charge in [0.25, 0.3) is 5.91 Å². The minimum absolute atomic E-state index is 0.0610. The van der Waals surface area contributed by atoms with Gasteiger partial charge in [0.2, 0.25) is 11.8 Å². The number of amides is 3. The molecule has 33 heavy (non-hydrogen) atoms. The zero-order valence-electron chi connectivity index (χ0n) is 18.5. The third kappa shape index (κ3) is 5.09. The molecular weight excluding hydrogens is 442 g/mol. The minimum atomic E-state index is -0.695. The summed E-state index contributed by atoms with van der Waals surface area (Å²) in [4.78, 5) is 42.7. The van der Waals surface area contributed by atoms with Crippen LogP contribution < -0.4 is 31.9 Å². The van der Waals surface area contributed by atoms with Crippen LogP contribution in [0.2, 0.25) is 0 Å². The Hall–Kier alpha value is -3.18. The Balaban J connectivity index is 1.40. The second-order valence-electron chi connectivity index (χ2n) is 8.38. The maximum Gasteiger partial charge on any atom is 0.275 e. The van der Waals surface area contributed by atoms with Crippen molar-refractivity contribution in [1.29, 1.82) is 0 Å². The van der Waals surface area contributed by atoms with E-state index in [2.05, 4.69) is 31.2 Å². The van der Waals surface area contributed by atoms with E-state index in [-0.39, 0.29) is 23.8 Å². The van der Waals surface area contributed by atoms with Gasteiger partial charge in [0, 0.05) is 37.5 Å². The average Bonchev–Trinajstić information content (AvgIpc) is 3.29. The lowest BCUT2D eigenvalue weighted by atomic mass is 9.86. The molecule has 2 aliphatic rings. The van der Waals surface area contributed by atoms with Crippen molar-refractivity contribution in [3.63, 3.8) is 0 Å². The summed E-state index contributed by atoms with van der Waals surface area (Å²) in [6, 6.07) is 7.72. The topological polar surface area (TPSA) is 141 Å². The average molecular weight is 472 g/mol. The first-order valence-electron chi connectivity index (χ1n) is 11.0. The van der Waals surface area contributed by atoms with Crippen molar-refractivity contribution in [2.24, 2.45) is 5.73 Å². The van der Waals surface area contributed by atoms with Crippen molar-refractivity contribution in [1.82, 2.24) is 15.6 Å². The van der Waals surface area contributed by atoms with Gasteiger partial charge in [-0.1, -0.05) is 12.1 Å². The summed E-state index contributed by atoms with van der Waals surface area (Å²) in [6.07, 6.45) is 2.40. The summed E-state index contributed by atoms with van der Waals surface area (Å²) in [5.74, 6) is -0.567. The second kappa shape index (κ2) is 9.75. The predicted octanol–water partition coefficient (Wildman–Crippen LogP) is 1.13. The normalized spacial score (nSPS) is 20.1. The molecule has 2 fully saturated rings. The molecule has 0 bridgehead atoms. The Kier molecular flexibility index (Phi) is 6.80. The molecule has 0 spiro atoms. The number of nitrogens with zero attached hydrogens (tertiary/aromatic N) is 2. The monoisotopic (exact) mass is 471 g/mol. The number of hydrogen-bond acceptors (Lipinski definition) is 8. The molecule has 1 aromatic carbocycles. The number of nitrogens with one attached hydrogen (secondary N) is 4. The van der Waals surface area contributed by atoms with E-state index < -0.39 is 5.54 Å². The standard InChI is InChI=1S/C22H29N7O3S/c1-24-22(20(23)32)8-10-29(11-9-22)17-5-3-2-4-15(17)27-19(31)16-13-33-21(28-16)26-14-6-7-18(30)25-12-14/h2-5,13-14,24H,6-12H2,1H3,(H2,23,32)(H,25,30)(H,26,28)(H,27,31)/t14-/m0/s1. The lowest BCUT2D eigenvalue weighted by molar-refractivity contribution is -0.125. The zero-order chi connectivity index (χ0) is 23.4. The zero-order valence-corrected chi connectivity index (χ0v) is 19.3. The molecular formula is C22H29N7O3S. The van der Waals surface area contributed by atoms with Gasteiger partial charge in [0.15, 0.2) is 5.13 Å². The van der Waals surface area contributed by atoms with Gasteiger partial charge in [0.05, 0.1) is 11.4 Å². The van der Waals surface area contributed by atoms with Gasteiger partial charge in [0.1, 0.15) is 11.2 Å². The molecule has 1 aromatic heterocycles. The molecule has 11 heteroatoms. The number of anilines is 3. The highest BCUT2D eigenvalue weighted by Crippen LogP contribution is 2.31. The predicted molar refractivity (Wildman–Crippen MR) is 129 cm³/mol. The fourth-order valence-electron chi connectivity index (χ4n) is 4.27. The summed E-state index contributed by atoms with van der Waals surface area (Å²) in [5.41, 5.74) is 6.84. The third-order valence-electron chi connectivity index (χ3n) is 6.39. The van der Waals surface area contributed by atoms with Crippen LogP contribution in [0.5, 0.6) is 0 Å². The Morgan fingerprint density at radius 1 is 1.27 bits per heavy atom. The van der Waals surface area contributed by atoms with Crippen LogP contribution in [0, 0.1) is 0 Å². The van der Waals surface area contributed by atoms with E-state index in [1.165, 1.54) is 11.3 Å². The summed E-state index contributed by atoms with van der Waals surface area (Å²) < 4.78 is 0. The molecule has 1 atom stereocenters. The molecule has 2 aromatic rings. The van der Waals surface area contributed by atoms with E-state index in [1.54, 1.807) is 12.4 Å². The van der Waals surface area contributed by atoms with Crippen molar-refractivity contribution in [3.8, 4) is 0 Å². The summed E-state index contributed by atoms with van der Waals surface area (Å²) in [6.45, 7) is 1.83. The van der Waals surface area contributed by atoms with Gasteiger partial charge in [-0.2, -0.15) is 0 Å². The first kappa shape index (κ1) is 23.0. The number of thiazole rings is 1. The molecule has 0 saturated carbocycles. The molecule has 0 aliphatic carbocycles. The van der Waals surface area contributed by atoms with Crippen LogP contribution in [-0.4, -0.2) is 61.0 Å². The number of primary amides is 1. The second-order valence-corrected chi connectivity index (χ2v) is 9.23. The highest BCUT2D eigenvalue weighted by Gasteiger charge is 2.38. The highest BCUT2D eigenvalue weighted by molar-refractivity contribution is 7.13. The first-order valence-corrected chi connectivity index (χ1v) is 11.9. The Morgan fingerprint density at radius 2 is 2.03 bits per heavy atom.